The Morgan fingerprint density at radius 2 is 1.96 bits per heavy atom. The summed E-state index contributed by atoms with van der Waals surface area (Å²) >= 11 is 0. The Bertz CT molecular complexity index is 881. The predicted octanol–water partition coefficient (Wildman–Crippen LogP) is 2.46. The molecule has 23 heavy (non-hydrogen) atoms. The molecule has 4 nitrogen and oxygen atoms in total. The van der Waals surface area contributed by atoms with E-state index in [1.165, 1.54) is 21.4 Å². The van der Waals surface area contributed by atoms with Crippen LogP contribution in [0.5, 0.6) is 0 Å². The van der Waals surface area contributed by atoms with Crippen LogP contribution in [0.25, 0.3) is 0 Å². The van der Waals surface area contributed by atoms with Gasteiger partial charge in [-0.15, -0.1) is 0 Å². The van der Waals surface area contributed by atoms with E-state index in [0.717, 1.165) is 6.07 Å². The monoisotopic (exact) mass is 321 g/mol. The molecule has 3 saturated carbocycles. The van der Waals surface area contributed by atoms with Crippen LogP contribution >= 0.6 is 0 Å². The van der Waals surface area contributed by atoms with Gasteiger partial charge in [-0.1, -0.05) is 12.1 Å². The summed E-state index contributed by atoms with van der Waals surface area (Å²) in [6.45, 7) is 0. The molecule has 2 heterocycles. The third kappa shape index (κ3) is 1.52. The van der Waals surface area contributed by atoms with E-state index in [1.54, 1.807) is 0 Å². The van der Waals surface area contributed by atoms with Crippen molar-refractivity contribution in [1.82, 2.24) is 14.3 Å². The van der Waals surface area contributed by atoms with Crippen LogP contribution in [-0.4, -0.2) is 20.0 Å². The summed E-state index contributed by atoms with van der Waals surface area (Å²) in [6, 6.07) is 3.45. The number of alkyl halides is 1. The summed E-state index contributed by atoms with van der Waals surface area (Å²) in [5.41, 5.74) is -1.78. The first-order valence-corrected chi connectivity index (χ1v) is 7.76. The summed E-state index contributed by atoms with van der Waals surface area (Å²) in [7, 11) is 0. The van der Waals surface area contributed by atoms with Crippen molar-refractivity contribution in [2.24, 2.45) is 0 Å². The maximum absolute atomic E-state index is 14.1. The van der Waals surface area contributed by atoms with Gasteiger partial charge in [0, 0.05) is 31.2 Å². The van der Waals surface area contributed by atoms with Crippen molar-refractivity contribution in [3.05, 3.63) is 51.7 Å². The Labute approximate surface area is 129 Å². The van der Waals surface area contributed by atoms with Crippen molar-refractivity contribution in [2.45, 2.75) is 49.4 Å². The number of rotatable bonds is 2. The third-order valence-electron chi connectivity index (χ3n) is 5.56. The number of nitrogens with zero attached hydrogens (tertiary/aromatic N) is 3. The number of hydrogen-bond acceptors (Lipinski definition) is 2. The van der Waals surface area contributed by atoms with Gasteiger partial charge in [0.25, 0.3) is 0 Å². The van der Waals surface area contributed by atoms with Gasteiger partial charge in [-0.05, 0) is 12.5 Å². The van der Waals surface area contributed by atoms with E-state index >= 15 is 0 Å². The molecule has 3 aliphatic carbocycles. The number of aromatic nitrogens is 3. The Morgan fingerprint density at radius 3 is 2.65 bits per heavy atom. The number of hydrogen-bond donors (Lipinski definition) is 0. The van der Waals surface area contributed by atoms with Crippen LogP contribution in [-0.2, 0) is 12.0 Å². The van der Waals surface area contributed by atoms with Gasteiger partial charge in [0.1, 0.15) is 11.5 Å². The SMILES string of the molecule is O=c1n(C23CC(F)(C2)C3)nc2n1C(c1cccc(F)c1F)CC2. The zero-order valence-electron chi connectivity index (χ0n) is 12.2. The fourth-order valence-electron chi connectivity index (χ4n) is 4.52. The van der Waals surface area contributed by atoms with Gasteiger partial charge in [-0.2, -0.15) is 5.10 Å². The summed E-state index contributed by atoms with van der Waals surface area (Å²) in [6.07, 6.45) is 2.03. The molecule has 6 rings (SSSR count). The molecule has 1 unspecified atom stereocenters. The first-order chi connectivity index (χ1) is 10.9. The lowest BCUT2D eigenvalue weighted by atomic mass is 9.47. The van der Waals surface area contributed by atoms with E-state index in [-0.39, 0.29) is 11.3 Å². The summed E-state index contributed by atoms with van der Waals surface area (Å²) in [5.74, 6) is -1.27. The van der Waals surface area contributed by atoms with Gasteiger partial charge >= 0.3 is 5.69 Å². The molecule has 0 N–H and O–H groups in total. The number of benzene rings is 1. The van der Waals surface area contributed by atoms with Crippen molar-refractivity contribution in [3.63, 3.8) is 0 Å². The quantitative estimate of drug-likeness (QED) is 0.852. The molecule has 7 heteroatoms. The van der Waals surface area contributed by atoms with Crippen molar-refractivity contribution >= 4 is 0 Å². The van der Waals surface area contributed by atoms with Crippen molar-refractivity contribution in [1.29, 1.82) is 0 Å². The lowest BCUT2D eigenvalue weighted by molar-refractivity contribution is -0.205. The minimum Gasteiger partial charge on any atom is -0.271 e. The van der Waals surface area contributed by atoms with Gasteiger partial charge in [-0.3, -0.25) is 4.57 Å². The molecule has 3 fully saturated rings. The summed E-state index contributed by atoms with van der Waals surface area (Å²) in [5, 5.41) is 4.37. The average molecular weight is 321 g/mol. The first-order valence-electron chi connectivity index (χ1n) is 7.76. The molecule has 4 aliphatic rings. The third-order valence-corrected chi connectivity index (χ3v) is 5.56. The number of aryl methyl sites for hydroxylation is 1. The molecule has 2 bridgehead atoms. The molecule has 0 radical (unpaired) electrons. The Balaban J connectivity index is 1.60. The van der Waals surface area contributed by atoms with Gasteiger partial charge in [0.05, 0.1) is 11.6 Å². The van der Waals surface area contributed by atoms with Crippen LogP contribution in [0.2, 0.25) is 0 Å². The second-order valence-corrected chi connectivity index (χ2v) is 7.08. The molecule has 0 spiro atoms. The Kier molecular flexibility index (Phi) is 2.26. The largest absolute Gasteiger partial charge is 0.347 e. The predicted molar refractivity (Wildman–Crippen MR) is 75.0 cm³/mol. The standard InChI is InChI=1S/C16H14F3N3O/c17-10-3-1-2-9(13(10)18)11-4-5-12-20-22(14(23)21(11)12)16-6-15(19,7-16)8-16/h1-3,11H,4-8H2. The van der Waals surface area contributed by atoms with Gasteiger partial charge in [-0.25, -0.2) is 22.6 Å². The minimum atomic E-state index is -1.12. The fourth-order valence-corrected chi connectivity index (χ4v) is 4.52. The molecule has 1 aromatic carbocycles. The summed E-state index contributed by atoms with van der Waals surface area (Å²) < 4.78 is 44.1. The van der Waals surface area contributed by atoms with E-state index in [1.807, 2.05) is 0 Å². The molecule has 1 aliphatic heterocycles. The zero-order chi connectivity index (χ0) is 16.0. The topological polar surface area (TPSA) is 39.8 Å². The minimum absolute atomic E-state index is 0.171. The number of halogens is 3. The normalized spacial score (nSPS) is 34.0. The van der Waals surface area contributed by atoms with E-state index < -0.39 is 28.9 Å². The molecule has 1 atom stereocenters. The van der Waals surface area contributed by atoms with Crippen LogP contribution < -0.4 is 5.69 Å². The lowest BCUT2D eigenvalue weighted by Gasteiger charge is -2.64. The maximum atomic E-state index is 14.1. The fraction of sp³-hybridized carbons (Fsp3) is 0.500. The van der Waals surface area contributed by atoms with Crippen LogP contribution in [0.4, 0.5) is 13.2 Å². The van der Waals surface area contributed by atoms with Crippen LogP contribution in [0.1, 0.15) is 43.1 Å². The second kappa shape index (κ2) is 3.88. The average Bonchev–Trinajstić information content (AvgIpc) is 2.99. The molecule has 120 valence electrons. The van der Waals surface area contributed by atoms with Crippen molar-refractivity contribution in [3.8, 4) is 0 Å². The van der Waals surface area contributed by atoms with E-state index in [4.69, 9.17) is 0 Å². The summed E-state index contributed by atoms with van der Waals surface area (Å²) in [4.78, 5) is 12.7. The van der Waals surface area contributed by atoms with E-state index in [0.29, 0.717) is 37.9 Å². The van der Waals surface area contributed by atoms with E-state index in [9.17, 15) is 18.0 Å². The highest BCUT2D eigenvalue weighted by molar-refractivity contribution is 5.27. The molecule has 2 aromatic rings. The van der Waals surface area contributed by atoms with Gasteiger partial charge < -0.3 is 0 Å². The molecule has 1 aromatic heterocycles. The zero-order valence-corrected chi connectivity index (χ0v) is 12.2. The van der Waals surface area contributed by atoms with Gasteiger partial charge in [0.15, 0.2) is 11.6 Å². The smallest absolute Gasteiger partial charge is 0.271 e. The van der Waals surface area contributed by atoms with Crippen molar-refractivity contribution < 1.29 is 13.2 Å². The van der Waals surface area contributed by atoms with E-state index in [2.05, 4.69) is 5.10 Å². The second-order valence-electron chi connectivity index (χ2n) is 7.08. The van der Waals surface area contributed by atoms with Crippen molar-refractivity contribution in [2.75, 3.05) is 0 Å². The molecule has 0 amide bonds. The van der Waals surface area contributed by atoms with Crippen LogP contribution in [0, 0.1) is 11.6 Å². The van der Waals surface area contributed by atoms with Crippen LogP contribution in [0.15, 0.2) is 23.0 Å². The molecular weight excluding hydrogens is 307 g/mol. The molecular formula is C16H14F3N3O. The first kappa shape index (κ1) is 13.4. The maximum Gasteiger partial charge on any atom is 0.347 e. The number of fused-ring (bicyclic) bond motifs is 1. The van der Waals surface area contributed by atoms with Gasteiger partial charge in [0.2, 0.25) is 0 Å². The Hall–Kier alpha value is -2.05. The molecule has 0 saturated heterocycles. The van der Waals surface area contributed by atoms with Crippen LogP contribution in [0.3, 0.4) is 0 Å². The lowest BCUT2D eigenvalue weighted by Crippen LogP contribution is -2.72. The highest BCUT2D eigenvalue weighted by atomic mass is 19.2. The highest BCUT2D eigenvalue weighted by Crippen LogP contribution is 2.66. The Morgan fingerprint density at radius 1 is 1.22 bits per heavy atom. The highest BCUT2D eigenvalue weighted by Gasteiger charge is 2.71.